The second-order valence-corrected chi connectivity index (χ2v) is 6.91. The molecule has 0 saturated heterocycles. The largest absolute Gasteiger partial charge is 0.322 e. The Kier molecular flexibility index (Phi) is 4.51. The van der Waals surface area contributed by atoms with Gasteiger partial charge in [-0.25, -0.2) is 8.42 Å². The number of anilines is 2. The summed E-state index contributed by atoms with van der Waals surface area (Å²) in [5.41, 5.74) is 1.79. The van der Waals surface area contributed by atoms with E-state index in [9.17, 15) is 13.2 Å². The minimum atomic E-state index is -3.57. The lowest BCUT2D eigenvalue weighted by atomic mass is 10.2. The molecule has 2 aromatic rings. The Labute approximate surface area is 129 Å². The van der Waals surface area contributed by atoms with E-state index in [-0.39, 0.29) is 6.54 Å². The van der Waals surface area contributed by atoms with E-state index < -0.39 is 15.9 Å². The van der Waals surface area contributed by atoms with E-state index in [2.05, 4.69) is 10.4 Å². The van der Waals surface area contributed by atoms with Gasteiger partial charge in [0.1, 0.15) is 6.54 Å². The lowest BCUT2D eigenvalue weighted by molar-refractivity contribution is -0.114. The lowest BCUT2D eigenvalue weighted by Gasteiger charge is -2.23. The molecule has 0 radical (unpaired) electrons. The maximum Gasteiger partial charge on any atom is 0.245 e. The number of sulfonamides is 1. The number of nitrogens with zero attached hydrogens (tertiary/aromatic N) is 3. The fraction of sp³-hybridized carbons (Fsp3) is 0.286. The van der Waals surface area contributed by atoms with Crippen LogP contribution in [0.2, 0.25) is 0 Å². The maximum atomic E-state index is 12.1. The van der Waals surface area contributed by atoms with Crippen molar-refractivity contribution in [2.45, 2.75) is 6.92 Å². The number of carbonyl (C=O) groups excluding carboxylic acids is 1. The fourth-order valence-electron chi connectivity index (χ4n) is 2.04. The van der Waals surface area contributed by atoms with Crippen LogP contribution in [0, 0.1) is 6.92 Å². The molecule has 0 bridgehead atoms. The number of nitrogens with one attached hydrogen (secondary N) is 1. The van der Waals surface area contributed by atoms with Gasteiger partial charge in [0.15, 0.2) is 0 Å². The number of para-hydroxylation sites is 1. The number of rotatable bonds is 5. The highest BCUT2D eigenvalue weighted by Crippen LogP contribution is 2.21. The number of aryl methyl sites for hydroxylation is 2. The summed E-state index contributed by atoms with van der Waals surface area (Å²) in [6.45, 7) is 1.51. The topological polar surface area (TPSA) is 84.3 Å². The van der Waals surface area contributed by atoms with Gasteiger partial charge in [-0.2, -0.15) is 5.10 Å². The third-order valence-corrected chi connectivity index (χ3v) is 4.19. The second kappa shape index (κ2) is 6.18. The van der Waals surface area contributed by atoms with Crippen LogP contribution >= 0.6 is 0 Å². The smallest absolute Gasteiger partial charge is 0.245 e. The van der Waals surface area contributed by atoms with Crippen molar-refractivity contribution in [2.75, 3.05) is 22.4 Å². The Morgan fingerprint density at radius 1 is 1.36 bits per heavy atom. The van der Waals surface area contributed by atoms with Crippen LogP contribution in [-0.2, 0) is 21.9 Å². The standard InChI is InChI=1S/C14H18N4O3S/c1-11-6-4-5-7-13(11)18(22(3,20)21)10-14(19)16-12-8-15-17(2)9-12/h4-9H,10H2,1-3H3,(H,16,19). The molecular formula is C14H18N4O3S. The van der Waals surface area contributed by atoms with Gasteiger partial charge in [0.05, 0.1) is 23.8 Å². The first-order chi connectivity index (χ1) is 10.3. The minimum absolute atomic E-state index is 0.293. The van der Waals surface area contributed by atoms with Gasteiger partial charge in [-0.05, 0) is 18.6 Å². The summed E-state index contributed by atoms with van der Waals surface area (Å²) >= 11 is 0. The molecule has 1 amide bonds. The van der Waals surface area contributed by atoms with Crippen molar-refractivity contribution in [2.24, 2.45) is 7.05 Å². The summed E-state index contributed by atoms with van der Waals surface area (Å²) in [4.78, 5) is 12.1. The van der Waals surface area contributed by atoms with E-state index in [1.807, 2.05) is 6.07 Å². The average Bonchev–Trinajstić information content (AvgIpc) is 2.81. The Morgan fingerprint density at radius 3 is 2.59 bits per heavy atom. The molecule has 0 fully saturated rings. The number of aromatic nitrogens is 2. The minimum Gasteiger partial charge on any atom is -0.322 e. The third kappa shape index (κ3) is 3.85. The zero-order valence-corrected chi connectivity index (χ0v) is 13.5. The molecule has 0 saturated carbocycles. The van der Waals surface area contributed by atoms with Crippen LogP contribution in [0.25, 0.3) is 0 Å². The van der Waals surface area contributed by atoms with E-state index in [0.717, 1.165) is 16.1 Å². The highest BCUT2D eigenvalue weighted by Gasteiger charge is 2.22. The normalized spacial score (nSPS) is 11.2. The first-order valence-corrected chi connectivity index (χ1v) is 8.44. The van der Waals surface area contributed by atoms with Crippen LogP contribution in [0.4, 0.5) is 11.4 Å². The molecule has 1 aromatic heterocycles. The van der Waals surface area contributed by atoms with Crippen LogP contribution in [0.5, 0.6) is 0 Å². The van der Waals surface area contributed by atoms with Crippen molar-refractivity contribution in [3.63, 3.8) is 0 Å². The Hall–Kier alpha value is -2.35. The number of hydrogen-bond acceptors (Lipinski definition) is 4. The van der Waals surface area contributed by atoms with Crippen molar-refractivity contribution in [3.05, 3.63) is 42.2 Å². The molecule has 7 nitrogen and oxygen atoms in total. The molecule has 1 N–H and O–H groups in total. The molecule has 1 aromatic carbocycles. The molecule has 0 aliphatic heterocycles. The fourth-order valence-corrected chi connectivity index (χ4v) is 2.95. The molecule has 118 valence electrons. The molecule has 0 atom stereocenters. The van der Waals surface area contributed by atoms with E-state index >= 15 is 0 Å². The van der Waals surface area contributed by atoms with E-state index in [4.69, 9.17) is 0 Å². The quantitative estimate of drug-likeness (QED) is 0.894. The molecule has 0 aliphatic rings. The summed E-state index contributed by atoms with van der Waals surface area (Å²) in [6.07, 6.45) is 4.21. The van der Waals surface area contributed by atoms with E-state index in [1.165, 1.54) is 6.20 Å². The maximum absolute atomic E-state index is 12.1. The highest BCUT2D eigenvalue weighted by molar-refractivity contribution is 7.92. The summed E-state index contributed by atoms with van der Waals surface area (Å²) in [7, 11) is -1.84. The predicted molar refractivity (Wildman–Crippen MR) is 85.2 cm³/mol. The van der Waals surface area contributed by atoms with Crippen molar-refractivity contribution >= 4 is 27.3 Å². The number of carbonyl (C=O) groups is 1. The van der Waals surface area contributed by atoms with Crippen LogP contribution < -0.4 is 9.62 Å². The van der Waals surface area contributed by atoms with Crippen LogP contribution in [0.15, 0.2) is 36.7 Å². The number of hydrogen-bond donors (Lipinski definition) is 1. The zero-order chi connectivity index (χ0) is 16.3. The SMILES string of the molecule is Cc1ccccc1N(CC(=O)Nc1cnn(C)c1)S(C)(=O)=O. The Balaban J connectivity index is 2.21. The molecule has 0 spiro atoms. The predicted octanol–water partition coefficient (Wildman–Crippen LogP) is 1.13. The Bertz CT molecular complexity index is 783. The monoisotopic (exact) mass is 322 g/mol. The summed E-state index contributed by atoms with van der Waals surface area (Å²) < 4.78 is 26.6. The van der Waals surface area contributed by atoms with E-state index in [1.54, 1.807) is 43.0 Å². The first-order valence-electron chi connectivity index (χ1n) is 6.59. The number of amides is 1. The van der Waals surface area contributed by atoms with Crippen LogP contribution in [-0.4, -0.2) is 36.9 Å². The molecule has 8 heteroatoms. The molecular weight excluding hydrogens is 304 g/mol. The summed E-state index contributed by atoms with van der Waals surface area (Å²) in [5.74, 6) is -0.429. The molecule has 1 heterocycles. The zero-order valence-electron chi connectivity index (χ0n) is 12.6. The first kappa shape index (κ1) is 16.0. The van der Waals surface area contributed by atoms with Crippen molar-refractivity contribution in [3.8, 4) is 0 Å². The van der Waals surface area contributed by atoms with Crippen molar-refractivity contribution in [1.29, 1.82) is 0 Å². The second-order valence-electron chi connectivity index (χ2n) is 5.01. The van der Waals surface area contributed by atoms with Gasteiger partial charge in [-0.1, -0.05) is 18.2 Å². The van der Waals surface area contributed by atoms with Gasteiger partial charge < -0.3 is 5.32 Å². The average molecular weight is 322 g/mol. The van der Waals surface area contributed by atoms with Gasteiger partial charge >= 0.3 is 0 Å². The number of benzene rings is 1. The molecule has 0 unspecified atom stereocenters. The molecule has 2 rings (SSSR count). The van der Waals surface area contributed by atoms with Crippen LogP contribution in [0.3, 0.4) is 0 Å². The van der Waals surface area contributed by atoms with Gasteiger partial charge in [0.25, 0.3) is 0 Å². The van der Waals surface area contributed by atoms with E-state index in [0.29, 0.717) is 11.4 Å². The highest BCUT2D eigenvalue weighted by atomic mass is 32.2. The van der Waals surface area contributed by atoms with Crippen LogP contribution in [0.1, 0.15) is 5.56 Å². The Morgan fingerprint density at radius 2 is 2.05 bits per heavy atom. The van der Waals surface area contributed by atoms with Crippen molar-refractivity contribution in [1.82, 2.24) is 9.78 Å². The van der Waals surface area contributed by atoms with Gasteiger partial charge in [-0.3, -0.25) is 13.8 Å². The summed E-state index contributed by atoms with van der Waals surface area (Å²) in [5, 5.41) is 6.57. The third-order valence-electron chi connectivity index (χ3n) is 3.06. The van der Waals surface area contributed by atoms with Crippen molar-refractivity contribution < 1.29 is 13.2 Å². The van der Waals surface area contributed by atoms with Gasteiger partial charge in [-0.15, -0.1) is 0 Å². The molecule has 22 heavy (non-hydrogen) atoms. The lowest BCUT2D eigenvalue weighted by Crippen LogP contribution is -2.37. The van der Waals surface area contributed by atoms with Gasteiger partial charge in [0.2, 0.25) is 15.9 Å². The van der Waals surface area contributed by atoms with Gasteiger partial charge in [0, 0.05) is 13.2 Å². The summed E-state index contributed by atoms with van der Waals surface area (Å²) in [6, 6.07) is 7.02. The molecule has 0 aliphatic carbocycles.